The molecule has 0 spiro atoms. The van der Waals surface area contributed by atoms with Crippen molar-refractivity contribution < 1.29 is 22.3 Å². The van der Waals surface area contributed by atoms with Gasteiger partial charge in [-0.05, 0) is 126 Å². The largest absolute Gasteiger partial charge is 0.453 e. The van der Waals surface area contributed by atoms with Crippen LogP contribution in [0.1, 0.15) is 54.7 Å². The first-order valence-corrected chi connectivity index (χ1v) is 21.6. The quantitative estimate of drug-likeness (QED) is 0.151. The first-order chi connectivity index (χ1) is 27.4. The molecule has 0 unspecified atom stereocenters. The normalized spacial score (nSPS) is 20.6. The fourth-order valence-electron chi connectivity index (χ4n) is 9.93. The average Bonchev–Trinajstić information content (AvgIpc) is 3.83. The molecule has 3 fully saturated rings. The number of halogens is 1. The van der Waals surface area contributed by atoms with Gasteiger partial charge in [-0.2, -0.15) is 0 Å². The Hall–Kier alpha value is -4.59. The van der Waals surface area contributed by atoms with E-state index in [2.05, 4.69) is 42.3 Å². The number of ether oxygens (including phenoxy) is 1. The van der Waals surface area contributed by atoms with Gasteiger partial charge in [0.2, 0.25) is 9.84 Å². The lowest BCUT2D eigenvalue weighted by Crippen LogP contribution is -2.56. The Labute approximate surface area is 336 Å². The van der Waals surface area contributed by atoms with Crippen molar-refractivity contribution in [2.75, 3.05) is 58.8 Å². The van der Waals surface area contributed by atoms with E-state index in [-0.39, 0.29) is 33.5 Å². The number of sulfone groups is 1. The zero-order chi connectivity index (χ0) is 40.3. The lowest BCUT2D eigenvalue weighted by molar-refractivity contribution is 0.0543. The second kappa shape index (κ2) is 17.1. The van der Waals surface area contributed by atoms with Crippen LogP contribution < -0.4 is 10.2 Å². The molecule has 2 aliphatic heterocycles. The summed E-state index contributed by atoms with van der Waals surface area (Å²) in [4.78, 5) is 28.8. The lowest BCUT2D eigenvalue weighted by atomic mass is 9.58. The summed E-state index contributed by atoms with van der Waals surface area (Å²) in [5.41, 5.74) is 2.78. The average molecular weight is 798 g/mol. The van der Waals surface area contributed by atoms with Gasteiger partial charge in [0, 0.05) is 79.9 Å². The minimum absolute atomic E-state index is 0.0843. The van der Waals surface area contributed by atoms with Crippen LogP contribution in [-0.2, 0) is 33.1 Å². The molecule has 57 heavy (non-hydrogen) atoms. The standard InChI is InChI=1S/C44H56FN7O4S/c1-6-40-38(29-49(3)4)42(17-20-47-40)57(54,55)37-15-13-36(14-16-37)52-27-32(28-52)26-50-22-18-33(19-23-50)44(30-51-24-21-46-31(51)2,34-9-7-10-35(45)25-34)39-11-8-12-41(39)48-43(53)56-5/h6-7,9-10,13-17,20-21,24-25,32-33,39,41H,1,8,11-12,18-19,22-23,26-30H2,2-5H3,(H,48,53)/t39-,41-,44-/m0/s1. The number of hydrogen-bond donors (Lipinski definition) is 1. The maximum atomic E-state index is 15.1. The van der Waals surface area contributed by atoms with Gasteiger partial charge in [0.1, 0.15) is 11.6 Å². The van der Waals surface area contributed by atoms with Crippen molar-refractivity contribution >= 4 is 27.7 Å². The van der Waals surface area contributed by atoms with Crippen LogP contribution in [0.4, 0.5) is 14.9 Å². The molecular formula is C44H56FN7O4S. The Balaban J connectivity index is 1.03. The number of hydrogen-bond acceptors (Lipinski definition) is 9. The Morgan fingerprint density at radius 2 is 1.81 bits per heavy atom. The molecule has 11 nitrogen and oxygen atoms in total. The molecule has 4 aromatic rings. The van der Waals surface area contributed by atoms with Gasteiger partial charge in [0.05, 0.1) is 22.6 Å². The topological polar surface area (TPSA) is 113 Å². The Morgan fingerprint density at radius 1 is 1.05 bits per heavy atom. The molecule has 3 aliphatic rings. The number of imidazole rings is 1. The van der Waals surface area contributed by atoms with Crippen LogP contribution >= 0.6 is 0 Å². The molecule has 1 saturated carbocycles. The van der Waals surface area contributed by atoms with E-state index in [1.54, 1.807) is 30.3 Å². The smallest absolute Gasteiger partial charge is 0.407 e. The second-order valence-corrected chi connectivity index (χ2v) is 18.3. The van der Waals surface area contributed by atoms with Crippen LogP contribution in [0.25, 0.3) is 6.08 Å². The maximum Gasteiger partial charge on any atom is 0.407 e. The number of nitrogens with one attached hydrogen (secondary N) is 1. The van der Waals surface area contributed by atoms with Crippen LogP contribution in [-0.4, -0.2) is 98.8 Å². The summed E-state index contributed by atoms with van der Waals surface area (Å²) in [7, 11) is 1.44. The van der Waals surface area contributed by atoms with E-state index in [0.29, 0.717) is 30.3 Å². The molecule has 2 aromatic carbocycles. The summed E-state index contributed by atoms with van der Waals surface area (Å²) in [6.07, 6.45) is 11.2. The number of pyridine rings is 1. The summed E-state index contributed by atoms with van der Waals surface area (Å²) >= 11 is 0. The molecule has 304 valence electrons. The third kappa shape index (κ3) is 8.38. The van der Waals surface area contributed by atoms with Gasteiger partial charge < -0.3 is 29.3 Å². The van der Waals surface area contributed by atoms with Crippen LogP contribution in [0.5, 0.6) is 0 Å². The van der Waals surface area contributed by atoms with E-state index < -0.39 is 21.3 Å². The van der Waals surface area contributed by atoms with Gasteiger partial charge in [0.25, 0.3) is 0 Å². The Morgan fingerprint density at radius 3 is 2.46 bits per heavy atom. The highest BCUT2D eigenvalue weighted by molar-refractivity contribution is 7.91. The summed E-state index contributed by atoms with van der Waals surface area (Å²) in [6.45, 7) is 11.6. The van der Waals surface area contributed by atoms with Crippen molar-refractivity contribution in [2.24, 2.45) is 17.8 Å². The predicted molar refractivity (Wildman–Crippen MR) is 220 cm³/mol. The fourth-order valence-corrected chi connectivity index (χ4v) is 11.4. The number of likely N-dealkylation sites (tertiary alicyclic amines) is 1. The van der Waals surface area contributed by atoms with Crippen LogP contribution in [0, 0.1) is 30.5 Å². The van der Waals surface area contributed by atoms with E-state index in [9.17, 15) is 13.2 Å². The summed E-state index contributed by atoms with van der Waals surface area (Å²) in [6, 6.07) is 15.9. The van der Waals surface area contributed by atoms with Gasteiger partial charge in [-0.15, -0.1) is 0 Å². The van der Waals surface area contributed by atoms with Crippen molar-refractivity contribution in [3.63, 3.8) is 0 Å². The zero-order valence-corrected chi connectivity index (χ0v) is 34.4. The number of anilines is 1. The summed E-state index contributed by atoms with van der Waals surface area (Å²) in [5, 5.41) is 3.17. The molecule has 1 aliphatic carbocycles. The fraction of sp³-hybridized carbons (Fsp3) is 0.477. The molecule has 2 saturated heterocycles. The predicted octanol–water partition coefficient (Wildman–Crippen LogP) is 6.57. The Kier molecular flexibility index (Phi) is 12.2. The van der Waals surface area contributed by atoms with E-state index in [1.807, 2.05) is 56.5 Å². The van der Waals surface area contributed by atoms with Gasteiger partial charge in [-0.1, -0.05) is 25.1 Å². The number of alkyl carbamates (subject to hydrolysis) is 1. The van der Waals surface area contributed by atoms with E-state index >= 15 is 4.39 Å². The third-order valence-corrected chi connectivity index (χ3v) is 14.5. The van der Waals surface area contributed by atoms with Gasteiger partial charge in [-0.3, -0.25) is 4.98 Å². The minimum Gasteiger partial charge on any atom is -0.453 e. The van der Waals surface area contributed by atoms with Crippen LogP contribution in [0.3, 0.4) is 0 Å². The molecule has 1 amide bonds. The number of methoxy groups -OCH3 is 1. The molecule has 0 bridgehead atoms. The SMILES string of the molecule is C=Cc1nccc(S(=O)(=O)c2ccc(N3CC(CN4CCC([C@@](Cn5ccnc5C)(c5cccc(F)c5)[C@H]5CCC[C@@H]5NC(=O)OC)CC4)C3)cc2)c1CN(C)C. The second-order valence-electron chi connectivity index (χ2n) is 16.4. The number of carbonyl (C=O) groups excluding carboxylic acids is 1. The van der Waals surface area contributed by atoms with Crippen LogP contribution in [0.15, 0.2) is 89.6 Å². The number of aryl methyl sites for hydroxylation is 1. The number of piperidine rings is 1. The highest BCUT2D eigenvalue weighted by Gasteiger charge is 2.52. The van der Waals surface area contributed by atoms with E-state index in [0.717, 1.165) is 81.9 Å². The van der Waals surface area contributed by atoms with E-state index in [4.69, 9.17) is 4.74 Å². The monoisotopic (exact) mass is 797 g/mol. The lowest BCUT2D eigenvalue weighted by Gasteiger charge is -2.51. The number of nitrogens with zero attached hydrogens (tertiary/aromatic N) is 6. The molecule has 13 heteroatoms. The number of carbonyl (C=O) groups is 1. The van der Waals surface area contributed by atoms with Crippen molar-refractivity contribution in [3.8, 4) is 0 Å². The highest BCUT2D eigenvalue weighted by atomic mass is 32.2. The number of benzene rings is 2. The molecule has 7 rings (SSSR count). The van der Waals surface area contributed by atoms with Crippen molar-refractivity contribution in [1.29, 1.82) is 0 Å². The Bertz CT molecular complexity index is 2150. The van der Waals surface area contributed by atoms with Crippen LogP contribution in [0.2, 0.25) is 0 Å². The zero-order valence-electron chi connectivity index (χ0n) is 33.6. The van der Waals surface area contributed by atoms with Gasteiger partial charge in [-0.25, -0.2) is 22.6 Å². The first-order valence-electron chi connectivity index (χ1n) is 20.1. The summed E-state index contributed by atoms with van der Waals surface area (Å²) < 4.78 is 50.1. The number of amides is 1. The van der Waals surface area contributed by atoms with Crippen molar-refractivity contribution in [1.82, 2.24) is 29.7 Å². The molecular weight excluding hydrogens is 742 g/mol. The third-order valence-electron chi connectivity index (χ3n) is 12.7. The molecule has 4 heterocycles. The van der Waals surface area contributed by atoms with E-state index in [1.165, 1.54) is 19.4 Å². The number of aromatic nitrogens is 3. The maximum absolute atomic E-state index is 15.1. The first kappa shape index (κ1) is 40.6. The highest BCUT2D eigenvalue weighted by Crippen LogP contribution is 2.52. The molecule has 0 radical (unpaired) electrons. The minimum atomic E-state index is -3.76. The molecule has 1 N–H and O–H groups in total. The molecule has 2 aromatic heterocycles. The van der Waals surface area contributed by atoms with Gasteiger partial charge >= 0.3 is 6.09 Å². The van der Waals surface area contributed by atoms with Crippen molar-refractivity contribution in [3.05, 3.63) is 108 Å². The summed E-state index contributed by atoms with van der Waals surface area (Å²) in [5.74, 6) is 1.51. The van der Waals surface area contributed by atoms with Gasteiger partial charge in [0.15, 0.2) is 0 Å². The van der Waals surface area contributed by atoms with Crippen molar-refractivity contribution in [2.45, 2.75) is 73.4 Å². The number of rotatable bonds is 14. The molecule has 3 atom stereocenters.